The van der Waals surface area contributed by atoms with Gasteiger partial charge in [0.05, 0.1) is 6.54 Å². The van der Waals surface area contributed by atoms with E-state index in [9.17, 15) is 9.59 Å². The van der Waals surface area contributed by atoms with Crippen molar-refractivity contribution in [3.8, 4) is 0 Å². The summed E-state index contributed by atoms with van der Waals surface area (Å²) in [5.41, 5.74) is 2.84. The van der Waals surface area contributed by atoms with E-state index in [1.807, 2.05) is 48.7 Å². The Balaban J connectivity index is 1.29. The number of carbonyl (C=O) groups is 2. The van der Waals surface area contributed by atoms with Gasteiger partial charge in [0.15, 0.2) is 5.76 Å². The minimum atomic E-state index is -0.203. The van der Waals surface area contributed by atoms with Crippen molar-refractivity contribution in [1.29, 1.82) is 0 Å². The molecule has 1 aliphatic heterocycles. The molecule has 4 heterocycles. The molecule has 6 rings (SSSR count). The van der Waals surface area contributed by atoms with Crippen molar-refractivity contribution < 1.29 is 14.0 Å². The normalized spacial score (nSPS) is 14.5. The SMILES string of the molecule is CC(=O)N1CCCN(c2ncccn2)CCN(C(=O)c2ccc(Cn3ccc4ccccc43)o2)Cc2ccccc21. The van der Waals surface area contributed by atoms with E-state index in [4.69, 9.17) is 4.42 Å². The molecule has 0 bridgehead atoms. The molecule has 9 heteroatoms. The Kier molecular flexibility index (Phi) is 7.49. The van der Waals surface area contributed by atoms with Gasteiger partial charge in [-0.05, 0) is 53.8 Å². The molecule has 9 nitrogen and oxygen atoms in total. The van der Waals surface area contributed by atoms with Crippen molar-refractivity contribution in [1.82, 2.24) is 19.4 Å². The zero-order chi connectivity index (χ0) is 28.2. The average Bonchev–Trinajstić information content (AvgIpc) is 3.63. The van der Waals surface area contributed by atoms with E-state index in [0.29, 0.717) is 51.0 Å². The maximum atomic E-state index is 13.9. The first-order valence-corrected chi connectivity index (χ1v) is 13.9. The predicted octanol–water partition coefficient (Wildman–Crippen LogP) is 4.98. The molecule has 0 spiro atoms. The van der Waals surface area contributed by atoms with Gasteiger partial charge in [-0.1, -0.05) is 36.4 Å². The lowest BCUT2D eigenvalue weighted by Gasteiger charge is -2.27. The van der Waals surface area contributed by atoms with Crippen molar-refractivity contribution in [3.05, 3.63) is 108 Å². The fraction of sp³-hybridized carbons (Fsp3) is 0.250. The fourth-order valence-electron chi connectivity index (χ4n) is 5.42. The number of hydrogen-bond donors (Lipinski definition) is 0. The Labute approximate surface area is 238 Å². The van der Waals surface area contributed by atoms with Crippen LogP contribution in [0.15, 0.2) is 95.8 Å². The third kappa shape index (κ3) is 5.70. The van der Waals surface area contributed by atoms with Crippen LogP contribution in [0.25, 0.3) is 10.9 Å². The van der Waals surface area contributed by atoms with Crippen molar-refractivity contribution in [3.63, 3.8) is 0 Å². The number of furan rings is 1. The first-order valence-electron chi connectivity index (χ1n) is 13.9. The van der Waals surface area contributed by atoms with Gasteiger partial charge < -0.3 is 23.7 Å². The quantitative estimate of drug-likeness (QED) is 0.315. The van der Waals surface area contributed by atoms with E-state index < -0.39 is 0 Å². The van der Waals surface area contributed by atoms with Gasteiger partial charge in [-0.25, -0.2) is 9.97 Å². The van der Waals surface area contributed by atoms with Crippen LogP contribution >= 0.6 is 0 Å². The lowest BCUT2D eigenvalue weighted by molar-refractivity contribution is -0.116. The summed E-state index contributed by atoms with van der Waals surface area (Å²) in [7, 11) is 0. The molecular weight excluding hydrogens is 516 g/mol. The van der Waals surface area contributed by atoms with Crippen LogP contribution in [0.5, 0.6) is 0 Å². The van der Waals surface area contributed by atoms with Crippen LogP contribution in [0.3, 0.4) is 0 Å². The van der Waals surface area contributed by atoms with Crippen molar-refractivity contribution in [2.45, 2.75) is 26.4 Å². The van der Waals surface area contributed by atoms with Gasteiger partial charge in [0.1, 0.15) is 5.76 Å². The Morgan fingerprint density at radius 3 is 2.51 bits per heavy atom. The number of rotatable bonds is 4. The summed E-state index contributed by atoms with van der Waals surface area (Å²) in [6.07, 6.45) is 6.19. The summed E-state index contributed by atoms with van der Waals surface area (Å²) in [5, 5.41) is 1.16. The third-order valence-corrected chi connectivity index (χ3v) is 7.47. The highest BCUT2D eigenvalue weighted by Gasteiger charge is 2.25. The van der Waals surface area contributed by atoms with E-state index in [0.717, 1.165) is 28.6 Å². The summed E-state index contributed by atoms with van der Waals surface area (Å²) >= 11 is 0. The van der Waals surface area contributed by atoms with Gasteiger partial charge in [0.25, 0.3) is 5.91 Å². The standard InChI is InChI=1S/C32H32N6O3/c1-24(39)38-18-7-17-35(32-33-15-6-16-34-32)20-21-37(22-26-9-3-5-11-29(26)38)31(40)30-13-12-27(41-30)23-36-19-14-25-8-2-4-10-28(25)36/h2-6,8-16,19H,7,17-18,20-23H2,1H3. The zero-order valence-corrected chi connectivity index (χ0v) is 23.0. The second-order valence-corrected chi connectivity index (χ2v) is 10.2. The van der Waals surface area contributed by atoms with Gasteiger partial charge in [-0.3, -0.25) is 9.59 Å². The number of nitrogens with zero attached hydrogens (tertiary/aromatic N) is 6. The van der Waals surface area contributed by atoms with Gasteiger partial charge in [-0.15, -0.1) is 0 Å². The van der Waals surface area contributed by atoms with Crippen LogP contribution in [0.2, 0.25) is 0 Å². The summed E-state index contributed by atoms with van der Waals surface area (Å²) in [4.78, 5) is 41.2. The van der Waals surface area contributed by atoms with Gasteiger partial charge >= 0.3 is 0 Å². The highest BCUT2D eigenvalue weighted by Crippen LogP contribution is 2.25. The maximum absolute atomic E-state index is 13.9. The maximum Gasteiger partial charge on any atom is 0.289 e. The van der Waals surface area contributed by atoms with Crippen LogP contribution in [-0.4, -0.2) is 57.4 Å². The molecule has 5 aromatic rings. The minimum Gasteiger partial charge on any atom is -0.454 e. The van der Waals surface area contributed by atoms with Gasteiger partial charge in [0.2, 0.25) is 11.9 Å². The van der Waals surface area contributed by atoms with Gasteiger partial charge in [-0.2, -0.15) is 0 Å². The molecule has 0 atom stereocenters. The number of anilines is 2. The Morgan fingerprint density at radius 1 is 0.854 bits per heavy atom. The average molecular weight is 549 g/mol. The van der Waals surface area contributed by atoms with E-state index in [1.165, 1.54) is 0 Å². The van der Waals surface area contributed by atoms with Crippen LogP contribution in [0.4, 0.5) is 11.6 Å². The summed E-state index contributed by atoms with van der Waals surface area (Å²) < 4.78 is 8.23. The molecule has 0 unspecified atom stereocenters. The van der Waals surface area contributed by atoms with E-state index >= 15 is 0 Å². The topological polar surface area (TPSA) is 87.7 Å². The summed E-state index contributed by atoms with van der Waals surface area (Å²) in [6, 6.07) is 23.4. The smallest absolute Gasteiger partial charge is 0.289 e. The number of carbonyl (C=O) groups excluding carboxylic acids is 2. The number of fused-ring (bicyclic) bond motifs is 2. The molecular formula is C32H32N6O3. The third-order valence-electron chi connectivity index (χ3n) is 7.47. The molecule has 41 heavy (non-hydrogen) atoms. The predicted molar refractivity (Wildman–Crippen MR) is 158 cm³/mol. The zero-order valence-electron chi connectivity index (χ0n) is 23.0. The van der Waals surface area contributed by atoms with Crippen LogP contribution in [0, 0.1) is 0 Å². The molecule has 0 saturated carbocycles. The molecule has 0 saturated heterocycles. The van der Waals surface area contributed by atoms with Crippen LogP contribution in [0.1, 0.15) is 35.2 Å². The monoisotopic (exact) mass is 548 g/mol. The minimum absolute atomic E-state index is 0.0368. The van der Waals surface area contributed by atoms with Crippen molar-refractivity contribution >= 4 is 34.4 Å². The first kappa shape index (κ1) is 26.3. The molecule has 208 valence electrons. The highest BCUT2D eigenvalue weighted by molar-refractivity contribution is 5.93. The largest absolute Gasteiger partial charge is 0.454 e. The lowest BCUT2D eigenvalue weighted by atomic mass is 10.1. The molecule has 0 radical (unpaired) electrons. The second-order valence-electron chi connectivity index (χ2n) is 10.2. The number of amides is 2. The molecule has 0 N–H and O–H groups in total. The lowest BCUT2D eigenvalue weighted by Crippen LogP contribution is -2.39. The van der Waals surface area contributed by atoms with Gasteiger partial charge in [0, 0.05) is 69.4 Å². The summed E-state index contributed by atoms with van der Waals surface area (Å²) in [6.45, 7) is 4.62. The van der Waals surface area contributed by atoms with E-state index in [2.05, 4.69) is 37.6 Å². The Morgan fingerprint density at radius 2 is 1.66 bits per heavy atom. The highest BCUT2D eigenvalue weighted by atomic mass is 16.4. The van der Waals surface area contributed by atoms with Crippen LogP contribution < -0.4 is 9.80 Å². The Bertz CT molecular complexity index is 1660. The fourth-order valence-corrected chi connectivity index (χ4v) is 5.42. The Hall–Kier alpha value is -4.92. The van der Waals surface area contributed by atoms with E-state index in [1.54, 1.807) is 41.2 Å². The molecule has 0 fully saturated rings. The summed E-state index contributed by atoms with van der Waals surface area (Å²) in [5.74, 6) is 1.35. The van der Waals surface area contributed by atoms with Crippen molar-refractivity contribution in [2.24, 2.45) is 0 Å². The van der Waals surface area contributed by atoms with Crippen LogP contribution in [-0.2, 0) is 17.9 Å². The number of para-hydroxylation sites is 2. The number of aromatic nitrogens is 3. The first-order chi connectivity index (χ1) is 20.1. The molecule has 2 aromatic carbocycles. The molecule has 3 aromatic heterocycles. The number of hydrogen-bond acceptors (Lipinski definition) is 6. The molecule has 0 aliphatic carbocycles. The van der Waals surface area contributed by atoms with E-state index in [-0.39, 0.29) is 17.6 Å². The van der Waals surface area contributed by atoms with Crippen molar-refractivity contribution in [2.75, 3.05) is 36.0 Å². The number of benzene rings is 2. The molecule has 2 amide bonds. The molecule has 1 aliphatic rings. The second kappa shape index (κ2) is 11.7.